The molecule has 1 aromatic carbocycles. The zero-order chi connectivity index (χ0) is 16.5. The molecular weight excluding hydrogens is 306 g/mol. The fourth-order valence-corrected chi connectivity index (χ4v) is 2.43. The first-order valence-electron chi connectivity index (χ1n) is 7.53. The Morgan fingerprint density at radius 2 is 2.00 bits per heavy atom. The number of rotatable bonds is 4. The summed E-state index contributed by atoms with van der Waals surface area (Å²) < 4.78 is 7.00. The van der Waals surface area contributed by atoms with Crippen molar-refractivity contribution in [2.75, 3.05) is 5.32 Å². The summed E-state index contributed by atoms with van der Waals surface area (Å²) in [5.74, 6) is 2.38. The first-order chi connectivity index (χ1) is 11.7. The largest absolute Gasteiger partial charge is 0.360 e. The van der Waals surface area contributed by atoms with Crippen LogP contribution in [0.3, 0.4) is 0 Å². The maximum atomic E-state index is 5.36. The van der Waals surface area contributed by atoms with E-state index >= 15 is 0 Å². The third kappa shape index (κ3) is 2.58. The van der Waals surface area contributed by atoms with Gasteiger partial charge in [0.05, 0.1) is 6.04 Å². The highest BCUT2D eigenvalue weighted by atomic mass is 16.5. The Bertz CT molecular complexity index is 976. The average molecular weight is 321 g/mol. The highest BCUT2D eigenvalue weighted by molar-refractivity contribution is 5.52. The quantitative estimate of drug-likeness (QED) is 0.617. The van der Waals surface area contributed by atoms with Crippen molar-refractivity contribution in [3.05, 3.63) is 54.2 Å². The first kappa shape index (κ1) is 14.3. The minimum absolute atomic E-state index is 0.166. The fourth-order valence-electron chi connectivity index (χ4n) is 2.43. The van der Waals surface area contributed by atoms with Crippen LogP contribution in [-0.2, 0) is 0 Å². The summed E-state index contributed by atoms with van der Waals surface area (Å²) in [5, 5.41) is 11.6. The van der Waals surface area contributed by atoms with Gasteiger partial charge in [-0.1, -0.05) is 23.4 Å². The van der Waals surface area contributed by atoms with Crippen LogP contribution in [0.5, 0.6) is 0 Å². The third-order valence-corrected chi connectivity index (χ3v) is 3.59. The molecule has 0 saturated carbocycles. The van der Waals surface area contributed by atoms with Crippen molar-refractivity contribution in [2.45, 2.75) is 19.9 Å². The van der Waals surface area contributed by atoms with Crippen molar-refractivity contribution < 1.29 is 4.52 Å². The molecule has 3 aromatic heterocycles. The summed E-state index contributed by atoms with van der Waals surface area (Å²) in [6.45, 7) is 3.87. The van der Waals surface area contributed by atoms with E-state index in [1.54, 1.807) is 4.52 Å². The zero-order valence-electron chi connectivity index (χ0n) is 13.2. The third-order valence-electron chi connectivity index (χ3n) is 3.59. The van der Waals surface area contributed by atoms with E-state index < -0.39 is 0 Å². The minimum atomic E-state index is -0.166. The minimum Gasteiger partial charge on any atom is -0.360 e. The van der Waals surface area contributed by atoms with Crippen molar-refractivity contribution >= 4 is 11.6 Å². The van der Waals surface area contributed by atoms with Gasteiger partial charge in [-0.15, -0.1) is 0 Å². The summed E-state index contributed by atoms with van der Waals surface area (Å²) in [6.07, 6.45) is 1.47. The molecule has 4 aromatic rings. The molecule has 4 rings (SSSR count). The lowest BCUT2D eigenvalue weighted by atomic mass is 10.2. The second kappa shape index (κ2) is 5.73. The predicted molar refractivity (Wildman–Crippen MR) is 87.3 cm³/mol. The monoisotopic (exact) mass is 321 g/mol. The van der Waals surface area contributed by atoms with E-state index in [1.165, 1.54) is 6.33 Å². The van der Waals surface area contributed by atoms with E-state index in [4.69, 9.17) is 4.52 Å². The number of aromatic nitrogens is 6. The number of nitrogens with zero attached hydrogens (tertiary/aromatic N) is 6. The van der Waals surface area contributed by atoms with Crippen molar-refractivity contribution in [2.24, 2.45) is 0 Å². The van der Waals surface area contributed by atoms with Gasteiger partial charge in [-0.2, -0.15) is 19.6 Å². The van der Waals surface area contributed by atoms with Gasteiger partial charge in [-0.3, -0.25) is 0 Å². The molecule has 120 valence electrons. The Balaban J connectivity index is 1.61. The average Bonchev–Trinajstić information content (AvgIpc) is 3.24. The van der Waals surface area contributed by atoms with E-state index in [1.807, 2.05) is 50.2 Å². The van der Waals surface area contributed by atoms with E-state index in [2.05, 4.69) is 30.5 Å². The molecule has 0 radical (unpaired) electrons. The van der Waals surface area contributed by atoms with E-state index in [9.17, 15) is 0 Å². The number of nitrogens with one attached hydrogen (secondary N) is 1. The molecule has 0 aliphatic carbocycles. The molecule has 0 fully saturated rings. The molecule has 3 heterocycles. The number of hydrogen-bond donors (Lipinski definition) is 1. The molecule has 8 heteroatoms. The first-order valence-corrected chi connectivity index (χ1v) is 7.53. The van der Waals surface area contributed by atoms with Gasteiger partial charge >= 0.3 is 0 Å². The molecule has 0 saturated heterocycles. The van der Waals surface area contributed by atoms with E-state index in [-0.39, 0.29) is 6.04 Å². The smallest absolute Gasteiger partial charge is 0.257 e. The molecule has 8 nitrogen and oxygen atoms in total. The Morgan fingerprint density at radius 3 is 2.83 bits per heavy atom. The number of benzene rings is 1. The van der Waals surface area contributed by atoms with Crippen molar-refractivity contribution in [3.63, 3.8) is 0 Å². The lowest BCUT2D eigenvalue weighted by molar-refractivity contribution is 0.419. The molecular formula is C16H15N7O. The fraction of sp³-hybridized carbons (Fsp3) is 0.188. The van der Waals surface area contributed by atoms with Crippen molar-refractivity contribution in [1.82, 2.24) is 29.7 Å². The molecule has 0 aliphatic rings. The van der Waals surface area contributed by atoms with Crippen LogP contribution >= 0.6 is 0 Å². The van der Waals surface area contributed by atoms with Gasteiger partial charge in [-0.05, 0) is 26.0 Å². The Morgan fingerprint density at radius 1 is 1.17 bits per heavy atom. The van der Waals surface area contributed by atoms with Crippen molar-refractivity contribution in [3.8, 4) is 11.5 Å². The van der Waals surface area contributed by atoms with Crippen molar-refractivity contribution in [1.29, 1.82) is 0 Å². The van der Waals surface area contributed by atoms with E-state index in [0.717, 1.165) is 17.1 Å². The molecule has 1 unspecified atom stereocenters. The maximum absolute atomic E-state index is 5.36. The molecule has 0 aliphatic heterocycles. The summed E-state index contributed by atoms with van der Waals surface area (Å²) in [4.78, 5) is 12.9. The highest BCUT2D eigenvalue weighted by Gasteiger charge is 2.16. The summed E-state index contributed by atoms with van der Waals surface area (Å²) in [7, 11) is 0. The standard InChI is InChI=1S/C16H15N7O/c1-10-8-13(23-16(19-10)17-9-18-23)20-11(2)14-21-15(24-22-14)12-6-4-3-5-7-12/h3-9,11,20H,1-2H3. The van der Waals surface area contributed by atoms with Gasteiger partial charge in [0.15, 0.2) is 5.82 Å². The lowest BCUT2D eigenvalue weighted by Crippen LogP contribution is -2.12. The molecule has 1 atom stereocenters. The number of aryl methyl sites for hydroxylation is 1. The Kier molecular flexibility index (Phi) is 3.42. The maximum Gasteiger partial charge on any atom is 0.257 e. The van der Waals surface area contributed by atoms with Gasteiger partial charge in [0.1, 0.15) is 12.1 Å². The number of fused-ring (bicyclic) bond motifs is 1. The lowest BCUT2D eigenvalue weighted by Gasteiger charge is -2.12. The molecule has 0 amide bonds. The summed E-state index contributed by atoms with van der Waals surface area (Å²) in [5.41, 5.74) is 1.74. The van der Waals surface area contributed by atoms with Crippen LogP contribution in [0.4, 0.5) is 5.82 Å². The van der Waals surface area contributed by atoms with Crippen LogP contribution in [0.1, 0.15) is 24.5 Å². The topological polar surface area (TPSA) is 94.0 Å². The van der Waals surface area contributed by atoms with Crippen LogP contribution in [0, 0.1) is 6.92 Å². The molecule has 1 N–H and O–H groups in total. The van der Waals surface area contributed by atoms with Gasteiger partial charge in [0.25, 0.3) is 11.7 Å². The molecule has 24 heavy (non-hydrogen) atoms. The number of hydrogen-bond acceptors (Lipinski definition) is 7. The Hall–Kier alpha value is -3.29. The van der Waals surface area contributed by atoms with Crippen LogP contribution in [-0.4, -0.2) is 29.7 Å². The molecule has 0 bridgehead atoms. The van der Waals surface area contributed by atoms with Gasteiger partial charge in [-0.25, -0.2) is 4.98 Å². The van der Waals surface area contributed by atoms with E-state index in [0.29, 0.717) is 17.5 Å². The number of anilines is 1. The normalized spacial score (nSPS) is 12.4. The summed E-state index contributed by atoms with van der Waals surface area (Å²) in [6, 6.07) is 11.4. The second-order valence-corrected chi connectivity index (χ2v) is 5.44. The zero-order valence-corrected chi connectivity index (χ0v) is 13.2. The van der Waals surface area contributed by atoms with Gasteiger partial charge in [0, 0.05) is 17.3 Å². The molecule has 0 spiro atoms. The van der Waals surface area contributed by atoms with Crippen LogP contribution in [0.2, 0.25) is 0 Å². The SMILES string of the molecule is Cc1cc(NC(C)c2noc(-c3ccccc3)n2)n2ncnc2n1. The predicted octanol–water partition coefficient (Wildman–Crippen LogP) is 2.66. The highest BCUT2D eigenvalue weighted by Crippen LogP contribution is 2.21. The second-order valence-electron chi connectivity index (χ2n) is 5.44. The van der Waals surface area contributed by atoms with Crippen LogP contribution in [0.25, 0.3) is 17.2 Å². The van der Waals surface area contributed by atoms with Gasteiger partial charge < -0.3 is 9.84 Å². The van der Waals surface area contributed by atoms with Crippen LogP contribution < -0.4 is 5.32 Å². The summed E-state index contributed by atoms with van der Waals surface area (Å²) >= 11 is 0. The van der Waals surface area contributed by atoms with Crippen LogP contribution in [0.15, 0.2) is 47.2 Å². The Labute approximate surface area is 137 Å². The van der Waals surface area contributed by atoms with Gasteiger partial charge in [0.2, 0.25) is 0 Å².